The molecule has 33 heavy (non-hydrogen) atoms. The number of hydrogen-bond donors (Lipinski definition) is 0. The zero-order valence-corrected chi connectivity index (χ0v) is 21.7. The van der Waals surface area contributed by atoms with Crippen LogP contribution in [0, 0.1) is 6.92 Å². The van der Waals surface area contributed by atoms with Crippen LogP contribution in [-0.4, -0.2) is 40.6 Å². The van der Waals surface area contributed by atoms with Crippen LogP contribution < -0.4 is 39.2 Å². The van der Waals surface area contributed by atoms with Crippen molar-refractivity contribution in [3.63, 3.8) is 0 Å². The van der Waals surface area contributed by atoms with Crippen LogP contribution in [0.4, 0.5) is 10.6 Å². The van der Waals surface area contributed by atoms with Crippen molar-refractivity contribution in [2.75, 3.05) is 18.1 Å². The molecule has 8 heteroatoms. The molecule has 2 fully saturated rings. The van der Waals surface area contributed by atoms with Crippen LogP contribution in [0.15, 0.2) is 54.6 Å². The molecule has 0 radical (unpaired) electrons. The molecule has 5 rings (SSSR count). The third kappa shape index (κ3) is 5.38. The third-order valence-corrected chi connectivity index (χ3v) is 7.03. The molecular weight excluding hydrogens is 445 g/mol. The monoisotopic (exact) mass is 469 g/mol. The number of para-hydroxylation sites is 1. The van der Waals surface area contributed by atoms with E-state index in [0.717, 1.165) is 53.8 Å². The van der Waals surface area contributed by atoms with Crippen LogP contribution in [-0.2, 0) is 11.2 Å². The molecule has 2 aliphatic heterocycles. The fraction of sp³-hybridized carbons (Fsp3) is 0.320. The molecular formula is C25H24N3NaO3S. The van der Waals surface area contributed by atoms with Gasteiger partial charge in [-0.3, -0.25) is 0 Å². The van der Waals surface area contributed by atoms with E-state index in [0.29, 0.717) is 13.0 Å². The van der Waals surface area contributed by atoms with Crippen molar-refractivity contribution in [2.24, 2.45) is 0 Å². The standard InChI is InChI=1S/C25H25N3O3S.Na/c1-16-13-23(26-21-7-3-2-6-20(16)21)28-12-4-5-18(28)15-31-19-10-8-17(9-11-19)14-22-24(29)27-25(30)32-22;/h2-3,6-11,13,18,22H,4-5,12,14-15H2,1H3,(H,27,29,30);/q;+1/p-1/t18-,22?;/m0./s1. The van der Waals surface area contributed by atoms with Gasteiger partial charge in [-0.1, -0.05) is 42.1 Å². The Morgan fingerprint density at radius 3 is 2.70 bits per heavy atom. The van der Waals surface area contributed by atoms with E-state index in [1.807, 2.05) is 36.4 Å². The molecule has 6 nitrogen and oxygen atoms in total. The summed E-state index contributed by atoms with van der Waals surface area (Å²) in [7, 11) is 0. The summed E-state index contributed by atoms with van der Waals surface area (Å²) in [4.78, 5) is 30.2. The fourth-order valence-corrected chi connectivity index (χ4v) is 5.22. The summed E-state index contributed by atoms with van der Waals surface area (Å²) in [6, 6.07) is 18.5. The molecule has 2 aromatic carbocycles. The number of pyridine rings is 1. The minimum atomic E-state index is -0.403. The minimum absolute atomic E-state index is 0. The van der Waals surface area contributed by atoms with Crippen molar-refractivity contribution in [3.8, 4) is 5.75 Å². The fourth-order valence-electron chi connectivity index (χ4n) is 4.41. The number of carbonyl (C=O) groups is 2. The maximum absolute atomic E-state index is 11.7. The van der Waals surface area contributed by atoms with E-state index in [2.05, 4.69) is 35.3 Å². The van der Waals surface area contributed by atoms with Gasteiger partial charge in [-0.2, -0.15) is 0 Å². The second-order valence-corrected chi connectivity index (χ2v) is 9.44. The molecule has 1 aromatic heterocycles. The molecule has 3 aromatic rings. The van der Waals surface area contributed by atoms with E-state index >= 15 is 0 Å². The molecule has 2 amide bonds. The summed E-state index contributed by atoms with van der Waals surface area (Å²) in [5.41, 5.74) is 3.26. The summed E-state index contributed by atoms with van der Waals surface area (Å²) < 4.78 is 6.11. The van der Waals surface area contributed by atoms with Gasteiger partial charge in [0.2, 0.25) is 0 Å². The summed E-state index contributed by atoms with van der Waals surface area (Å²) in [5, 5.41) is 3.86. The van der Waals surface area contributed by atoms with Gasteiger partial charge in [0.05, 0.1) is 22.7 Å². The van der Waals surface area contributed by atoms with Crippen molar-refractivity contribution in [1.29, 1.82) is 0 Å². The predicted octanol–water partition coefficient (Wildman–Crippen LogP) is 2.27. The van der Waals surface area contributed by atoms with Crippen LogP contribution in [0.3, 0.4) is 0 Å². The first-order valence-corrected chi connectivity index (χ1v) is 11.8. The van der Waals surface area contributed by atoms with Crippen LogP contribution in [0.2, 0.25) is 0 Å². The number of anilines is 1. The quantitative estimate of drug-likeness (QED) is 0.516. The van der Waals surface area contributed by atoms with Crippen molar-refractivity contribution in [3.05, 3.63) is 71.0 Å². The number of rotatable bonds is 6. The molecule has 3 heterocycles. The van der Waals surface area contributed by atoms with Gasteiger partial charge >= 0.3 is 29.6 Å². The Balaban J connectivity index is 0.00000259. The Labute approximate surface area is 219 Å². The second kappa shape index (κ2) is 10.5. The van der Waals surface area contributed by atoms with Gasteiger partial charge in [0.1, 0.15) is 23.4 Å². The van der Waals surface area contributed by atoms with Crippen molar-refractivity contribution in [1.82, 2.24) is 4.98 Å². The normalized spacial score (nSPS) is 20.1. The van der Waals surface area contributed by atoms with E-state index in [4.69, 9.17) is 9.72 Å². The van der Waals surface area contributed by atoms with E-state index in [-0.39, 0.29) is 41.5 Å². The number of nitrogens with zero attached hydrogens (tertiary/aromatic N) is 3. The Bertz CT molecular complexity index is 1170. The zero-order valence-electron chi connectivity index (χ0n) is 18.9. The van der Waals surface area contributed by atoms with Crippen LogP contribution in [0.25, 0.3) is 16.2 Å². The van der Waals surface area contributed by atoms with E-state index in [1.165, 1.54) is 10.9 Å². The topological polar surface area (TPSA) is 73.6 Å². The SMILES string of the molecule is Cc1cc(N2CCC[C@H]2COc2ccc(CC3SC(=O)[N-]C3=O)cc2)nc2ccccc12.[Na+]. The van der Waals surface area contributed by atoms with Crippen molar-refractivity contribution < 1.29 is 43.9 Å². The van der Waals surface area contributed by atoms with Crippen molar-refractivity contribution in [2.45, 2.75) is 37.5 Å². The molecule has 0 saturated carbocycles. The van der Waals surface area contributed by atoms with E-state index in [1.54, 1.807) is 0 Å². The number of thioether (sulfide) groups is 1. The number of aromatic nitrogens is 1. The maximum atomic E-state index is 11.7. The van der Waals surface area contributed by atoms with E-state index < -0.39 is 10.5 Å². The number of ether oxygens (including phenoxy) is 1. The van der Waals surface area contributed by atoms with Gasteiger partial charge in [-0.05, 0) is 61.6 Å². The summed E-state index contributed by atoms with van der Waals surface area (Å²) in [6.45, 7) is 3.71. The maximum Gasteiger partial charge on any atom is 1.00 e. The minimum Gasteiger partial charge on any atom is -0.585 e. The number of benzene rings is 2. The average Bonchev–Trinajstić information content (AvgIpc) is 3.39. The number of carbonyl (C=O) groups excluding carboxylic acids is 2. The predicted molar refractivity (Wildman–Crippen MR) is 128 cm³/mol. The first-order valence-electron chi connectivity index (χ1n) is 10.9. The first-order chi connectivity index (χ1) is 15.6. The van der Waals surface area contributed by atoms with Gasteiger partial charge in [-0.15, -0.1) is 0 Å². The Morgan fingerprint density at radius 2 is 1.94 bits per heavy atom. The Hall–Kier alpha value is -2.06. The molecule has 0 aliphatic carbocycles. The summed E-state index contributed by atoms with van der Waals surface area (Å²) >= 11 is 1.00. The summed E-state index contributed by atoms with van der Waals surface area (Å²) in [6.07, 6.45) is 2.70. The van der Waals surface area contributed by atoms with Crippen LogP contribution in [0.5, 0.6) is 5.75 Å². The number of fused-ring (bicyclic) bond motifs is 1. The largest absolute Gasteiger partial charge is 1.00 e. The molecule has 0 N–H and O–H groups in total. The zero-order chi connectivity index (χ0) is 22.1. The van der Waals surface area contributed by atoms with Crippen molar-refractivity contribution >= 4 is 39.6 Å². The molecule has 164 valence electrons. The summed E-state index contributed by atoms with van der Waals surface area (Å²) in [5.74, 6) is 1.48. The Kier molecular flexibility index (Phi) is 7.64. The number of imide groups is 1. The molecule has 2 atom stereocenters. The van der Waals surface area contributed by atoms with Gasteiger partial charge < -0.3 is 24.5 Å². The Morgan fingerprint density at radius 1 is 1.15 bits per heavy atom. The van der Waals surface area contributed by atoms with Crippen LogP contribution >= 0.6 is 11.8 Å². The molecule has 1 unspecified atom stereocenters. The average molecular weight is 470 g/mol. The number of hydrogen-bond acceptors (Lipinski definition) is 6. The second-order valence-electron chi connectivity index (χ2n) is 8.29. The smallest absolute Gasteiger partial charge is 0.585 e. The molecule has 0 bridgehead atoms. The number of aryl methyl sites for hydroxylation is 1. The van der Waals surface area contributed by atoms with Gasteiger partial charge in [0, 0.05) is 11.9 Å². The van der Waals surface area contributed by atoms with Gasteiger partial charge in [-0.25, -0.2) is 4.98 Å². The van der Waals surface area contributed by atoms with E-state index in [9.17, 15) is 9.59 Å². The van der Waals surface area contributed by atoms with Gasteiger partial charge in [0.25, 0.3) is 0 Å². The third-order valence-electron chi connectivity index (χ3n) is 6.09. The first kappa shape index (κ1) is 24.1. The number of amides is 2. The molecule has 2 aliphatic rings. The van der Waals surface area contributed by atoms with Gasteiger partial charge in [0.15, 0.2) is 0 Å². The molecule has 0 spiro atoms. The van der Waals surface area contributed by atoms with Crippen LogP contribution in [0.1, 0.15) is 24.0 Å². The molecule has 2 saturated heterocycles.